The van der Waals surface area contributed by atoms with Gasteiger partial charge in [-0.3, -0.25) is 9.36 Å². The van der Waals surface area contributed by atoms with Gasteiger partial charge in [-0.25, -0.2) is 9.78 Å². The number of hydrogen-bond donors (Lipinski definition) is 1. The number of benzene rings is 2. The molecule has 178 valence electrons. The molecule has 0 unspecified atom stereocenters. The fourth-order valence-corrected chi connectivity index (χ4v) is 5.22. The molecule has 5 rings (SSSR count). The standard InChI is InChI=1S/C24H23BrClN3O5/c25-17-10-19-16(9-18(17)26)22(30)28(14-27-19)13-24(32)11-20-21(34-24)7-4-8-29(20)23(31)33-12-15-5-2-1-3-6-15/h1-3,5-6,9-10,14,20-21,32H,4,7-8,11-13H2/t20-,21-,24+/m0/s1. The van der Waals surface area contributed by atoms with Crippen molar-refractivity contribution >= 4 is 44.5 Å². The second-order valence-electron chi connectivity index (χ2n) is 8.71. The third-order valence-corrected chi connectivity index (χ3v) is 7.54. The molecule has 2 aliphatic heterocycles. The molecule has 3 heterocycles. The molecule has 3 atom stereocenters. The van der Waals surface area contributed by atoms with Gasteiger partial charge in [0.15, 0.2) is 5.79 Å². The van der Waals surface area contributed by atoms with Crippen molar-refractivity contribution in [3.8, 4) is 0 Å². The topological polar surface area (TPSA) is 93.9 Å². The van der Waals surface area contributed by atoms with Gasteiger partial charge in [-0.1, -0.05) is 41.9 Å². The van der Waals surface area contributed by atoms with Gasteiger partial charge in [-0.15, -0.1) is 0 Å². The molecule has 8 nitrogen and oxygen atoms in total. The molecule has 2 aliphatic rings. The van der Waals surface area contributed by atoms with E-state index in [1.807, 2.05) is 30.3 Å². The van der Waals surface area contributed by atoms with Crippen molar-refractivity contribution in [2.45, 2.75) is 50.3 Å². The highest BCUT2D eigenvalue weighted by Crippen LogP contribution is 2.38. The van der Waals surface area contributed by atoms with Gasteiger partial charge in [0.2, 0.25) is 0 Å². The van der Waals surface area contributed by atoms with Gasteiger partial charge in [0.05, 0.1) is 40.9 Å². The van der Waals surface area contributed by atoms with E-state index in [9.17, 15) is 14.7 Å². The van der Waals surface area contributed by atoms with Crippen LogP contribution in [0.4, 0.5) is 4.79 Å². The number of carbonyl (C=O) groups excluding carboxylic acids is 1. The monoisotopic (exact) mass is 547 g/mol. The molecule has 0 aliphatic carbocycles. The number of piperidine rings is 1. The zero-order chi connectivity index (χ0) is 23.9. The van der Waals surface area contributed by atoms with Crippen LogP contribution in [0.1, 0.15) is 24.8 Å². The molecule has 10 heteroatoms. The van der Waals surface area contributed by atoms with Crippen LogP contribution < -0.4 is 5.56 Å². The van der Waals surface area contributed by atoms with E-state index in [-0.39, 0.29) is 37.3 Å². The number of aliphatic hydroxyl groups is 1. The third-order valence-electron chi connectivity index (χ3n) is 6.34. The van der Waals surface area contributed by atoms with Crippen molar-refractivity contribution in [3.63, 3.8) is 0 Å². The smallest absolute Gasteiger partial charge is 0.410 e. The van der Waals surface area contributed by atoms with Gasteiger partial charge in [-0.05, 0) is 46.5 Å². The van der Waals surface area contributed by atoms with Crippen LogP contribution in [-0.4, -0.2) is 50.1 Å². The van der Waals surface area contributed by atoms with Crippen LogP contribution in [0.5, 0.6) is 0 Å². The molecule has 1 amide bonds. The summed E-state index contributed by atoms with van der Waals surface area (Å²) in [5.41, 5.74) is 1.07. The van der Waals surface area contributed by atoms with E-state index in [0.29, 0.717) is 33.4 Å². The Balaban J connectivity index is 1.32. The van der Waals surface area contributed by atoms with Crippen LogP contribution in [0.2, 0.25) is 5.02 Å². The Morgan fingerprint density at radius 3 is 2.91 bits per heavy atom. The first kappa shape index (κ1) is 23.3. The summed E-state index contributed by atoms with van der Waals surface area (Å²) in [6.45, 7) is 0.594. The Labute approximate surface area is 209 Å². The summed E-state index contributed by atoms with van der Waals surface area (Å²) in [7, 11) is 0. The number of hydrogen-bond acceptors (Lipinski definition) is 6. The van der Waals surface area contributed by atoms with E-state index in [2.05, 4.69) is 20.9 Å². The normalized spacial score (nSPS) is 24.3. The summed E-state index contributed by atoms with van der Waals surface area (Å²) in [6, 6.07) is 12.4. The minimum atomic E-state index is -1.62. The largest absolute Gasteiger partial charge is 0.445 e. The maximum atomic E-state index is 13.0. The second kappa shape index (κ2) is 9.30. The van der Waals surface area contributed by atoms with E-state index < -0.39 is 11.9 Å². The number of halogens is 2. The summed E-state index contributed by atoms with van der Waals surface area (Å²) >= 11 is 9.49. The Kier molecular flexibility index (Phi) is 6.37. The fraction of sp³-hybridized carbons (Fsp3) is 0.375. The van der Waals surface area contributed by atoms with Crippen molar-refractivity contribution < 1.29 is 19.4 Å². The van der Waals surface area contributed by atoms with Gasteiger partial charge in [0, 0.05) is 17.4 Å². The fourth-order valence-electron chi connectivity index (χ4n) is 4.72. The highest BCUT2D eigenvalue weighted by Gasteiger charge is 2.50. The quantitative estimate of drug-likeness (QED) is 0.528. The average molecular weight is 549 g/mol. The Morgan fingerprint density at radius 2 is 2.12 bits per heavy atom. The lowest BCUT2D eigenvalue weighted by molar-refractivity contribution is -0.202. The number of likely N-dealkylation sites (tertiary alicyclic amines) is 1. The first-order valence-electron chi connectivity index (χ1n) is 11.0. The molecule has 0 spiro atoms. The molecule has 2 fully saturated rings. The SMILES string of the molecule is O=C(OCc1ccccc1)N1CCC[C@@H]2O[C@@](O)(Cn3cnc4cc(Br)c(Cl)cc4c3=O)C[C@@H]21. The molecule has 3 aromatic rings. The lowest BCUT2D eigenvalue weighted by Crippen LogP contribution is -2.49. The highest BCUT2D eigenvalue weighted by molar-refractivity contribution is 9.10. The van der Waals surface area contributed by atoms with Crippen LogP contribution in [0.25, 0.3) is 10.9 Å². The van der Waals surface area contributed by atoms with Gasteiger partial charge in [0.25, 0.3) is 5.56 Å². The Hall–Kier alpha value is -2.46. The molecule has 1 N–H and O–H groups in total. The number of fused-ring (bicyclic) bond motifs is 2. The molecule has 2 aromatic carbocycles. The number of nitrogens with zero attached hydrogens (tertiary/aromatic N) is 3. The summed E-state index contributed by atoms with van der Waals surface area (Å²) in [5.74, 6) is -1.62. The van der Waals surface area contributed by atoms with Crippen molar-refractivity contribution in [2.75, 3.05) is 6.54 Å². The molecule has 1 aromatic heterocycles. The van der Waals surface area contributed by atoms with Crippen LogP contribution in [0.15, 0.2) is 58.1 Å². The number of amides is 1. The first-order valence-corrected chi connectivity index (χ1v) is 12.2. The first-order chi connectivity index (χ1) is 16.3. The van der Waals surface area contributed by atoms with Crippen LogP contribution in [-0.2, 0) is 22.6 Å². The Morgan fingerprint density at radius 1 is 1.32 bits per heavy atom. The molecule has 0 saturated carbocycles. The zero-order valence-electron chi connectivity index (χ0n) is 18.2. The average Bonchev–Trinajstić information content (AvgIpc) is 3.17. The molecule has 2 saturated heterocycles. The van der Waals surface area contributed by atoms with Crippen molar-refractivity contribution in [2.24, 2.45) is 0 Å². The van der Waals surface area contributed by atoms with Crippen molar-refractivity contribution in [1.82, 2.24) is 14.5 Å². The van der Waals surface area contributed by atoms with Gasteiger partial charge in [0.1, 0.15) is 6.61 Å². The number of ether oxygens (including phenoxy) is 2. The zero-order valence-corrected chi connectivity index (χ0v) is 20.5. The second-order valence-corrected chi connectivity index (χ2v) is 9.97. The maximum Gasteiger partial charge on any atom is 0.410 e. The Bertz CT molecular complexity index is 1290. The lowest BCUT2D eigenvalue weighted by atomic mass is 9.97. The number of carbonyl (C=O) groups is 1. The van der Waals surface area contributed by atoms with E-state index in [0.717, 1.165) is 12.0 Å². The van der Waals surface area contributed by atoms with Gasteiger partial charge >= 0.3 is 6.09 Å². The van der Waals surface area contributed by atoms with Crippen LogP contribution in [0, 0.1) is 0 Å². The summed E-state index contributed by atoms with van der Waals surface area (Å²) < 4.78 is 13.5. The van der Waals surface area contributed by atoms with E-state index in [1.54, 1.807) is 17.0 Å². The molecular weight excluding hydrogens is 526 g/mol. The highest BCUT2D eigenvalue weighted by atomic mass is 79.9. The molecule has 0 bridgehead atoms. The van der Waals surface area contributed by atoms with E-state index in [4.69, 9.17) is 21.1 Å². The summed E-state index contributed by atoms with van der Waals surface area (Å²) in [5, 5.41) is 12.0. The third kappa shape index (κ3) is 4.57. The molecule has 0 radical (unpaired) electrons. The van der Waals surface area contributed by atoms with Crippen molar-refractivity contribution in [3.05, 3.63) is 74.2 Å². The predicted octanol–water partition coefficient (Wildman–Crippen LogP) is 4.09. The minimum absolute atomic E-state index is 0.109. The van der Waals surface area contributed by atoms with Crippen LogP contribution >= 0.6 is 27.5 Å². The van der Waals surface area contributed by atoms with E-state index >= 15 is 0 Å². The van der Waals surface area contributed by atoms with Gasteiger partial charge < -0.3 is 19.5 Å². The molecular formula is C24H23BrClN3O5. The molecule has 34 heavy (non-hydrogen) atoms. The summed E-state index contributed by atoms with van der Waals surface area (Å²) in [6.07, 6.45) is 2.24. The lowest BCUT2D eigenvalue weighted by Gasteiger charge is -2.35. The maximum absolute atomic E-state index is 13.0. The summed E-state index contributed by atoms with van der Waals surface area (Å²) in [4.78, 5) is 31.8. The van der Waals surface area contributed by atoms with Crippen LogP contribution in [0.3, 0.4) is 0 Å². The minimum Gasteiger partial charge on any atom is -0.445 e. The van der Waals surface area contributed by atoms with Gasteiger partial charge in [-0.2, -0.15) is 0 Å². The van der Waals surface area contributed by atoms with E-state index in [1.165, 1.54) is 10.9 Å². The number of rotatable bonds is 4. The predicted molar refractivity (Wildman–Crippen MR) is 130 cm³/mol. The number of aromatic nitrogens is 2. The van der Waals surface area contributed by atoms with Crippen molar-refractivity contribution in [1.29, 1.82) is 0 Å².